The van der Waals surface area contributed by atoms with Crippen LogP contribution in [0.1, 0.15) is 31.2 Å². The quantitative estimate of drug-likeness (QED) is 0.817. The number of aryl methyl sites for hydroxylation is 1. The van der Waals surface area contributed by atoms with Gasteiger partial charge in [0.2, 0.25) is 5.13 Å². The van der Waals surface area contributed by atoms with Gasteiger partial charge in [0.25, 0.3) is 0 Å². The molecule has 0 aliphatic carbocycles. The number of anilines is 1. The second kappa shape index (κ2) is 7.54. The summed E-state index contributed by atoms with van der Waals surface area (Å²) in [7, 11) is 0. The van der Waals surface area contributed by atoms with E-state index in [1.807, 2.05) is 6.92 Å². The Bertz CT molecular complexity index is 428. The van der Waals surface area contributed by atoms with Gasteiger partial charge in [-0.15, -0.1) is 10.2 Å². The third kappa shape index (κ3) is 5.05. The smallest absolute Gasteiger partial charge is 0.321 e. The van der Waals surface area contributed by atoms with Crippen LogP contribution >= 0.6 is 11.3 Å². The number of hydrogen-bond donors (Lipinski definition) is 2. The zero-order valence-corrected chi connectivity index (χ0v) is 13.0. The summed E-state index contributed by atoms with van der Waals surface area (Å²) < 4.78 is 0. The van der Waals surface area contributed by atoms with Gasteiger partial charge in [-0.3, -0.25) is 5.32 Å². The maximum atomic E-state index is 11.6. The van der Waals surface area contributed by atoms with Crippen LogP contribution in [0.4, 0.5) is 9.93 Å². The minimum atomic E-state index is -0.201. The predicted molar refractivity (Wildman–Crippen MR) is 81.1 cm³/mol. The summed E-state index contributed by atoms with van der Waals surface area (Å²) in [5.74, 6) is 0.866. The highest BCUT2D eigenvalue weighted by molar-refractivity contribution is 7.15. The maximum Gasteiger partial charge on any atom is 0.321 e. The molecule has 0 unspecified atom stereocenters. The third-order valence-corrected chi connectivity index (χ3v) is 4.31. The van der Waals surface area contributed by atoms with Gasteiger partial charge in [-0.2, -0.15) is 0 Å². The Hall–Kier alpha value is -1.21. The second-order valence-electron chi connectivity index (χ2n) is 5.38. The van der Waals surface area contributed by atoms with Gasteiger partial charge in [-0.05, 0) is 51.7 Å². The highest BCUT2D eigenvalue weighted by atomic mass is 32.1. The van der Waals surface area contributed by atoms with Gasteiger partial charge < -0.3 is 10.2 Å². The van der Waals surface area contributed by atoms with Crippen molar-refractivity contribution in [2.75, 3.05) is 31.5 Å². The molecule has 0 aromatic carbocycles. The van der Waals surface area contributed by atoms with E-state index >= 15 is 0 Å². The van der Waals surface area contributed by atoms with Crippen molar-refractivity contribution in [2.45, 2.75) is 33.1 Å². The fraction of sp³-hybridized carbons (Fsp3) is 0.769. The monoisotopic (exact) mass is 297 g/mol. The predicted octanol–water partition coefficient (Wildman–Crippen LogP) is 2.09. The number of nitrogens with zero attached hydrogens (tertiary/aromatic N) is 3. The molecule has 0 radical (unpaired) electrons. The van der Waals surface area contributed by atoms with E-state index in [2.05, 4.69) is 32.7 Å². The minimum Gasteiger partial charge on any atom is -0.338 e. The highest BCUT2D eigenvalue weighted by Gasteiger charge is 2.14. The topological polar surface area (TPSA) is 70.1 Å². The van der Waals surface area contributed by atoms with Gasteiger partial charge in [0.05, 0.1) is 0 Å². The van der Waals surface area contributed by atoms with Crippen molar-refractivity contribution >= 4 is 22.5 Å². The Labute approximate surface area is 124 Å². The fourth-order valence-electron chi connectivity index (χ4n) is 2.28. The van der Waals surface area contributed by atoms with Gasteiger partial charge in [-0.25, -0.2) is 4.79 Å². The van der Waals surface area contributed by atoms with Gasteiger partial charge in [0.15, 0.2) is 0 Å². The Kier molecular flexibility index (Phi) is 5.72. The number of piperidine rings is 1. The van der Waals surface area contributed by atoms with E-state index in [0.717, 1.165) is 23.9 Å². The molecule has 1 fully saturated rings. The SMILES string of the molecule is Cc1nnc(NC(=O)NCCCN2CCC(C)CC2)s1. The van der Waals surface area contributed by atoms with Crippen LogP contribution in [-0.4, -0.2) is 47.3 Å². The van der Waals surface area contributed by atoms with Crippen molar-refractivity contribution in [1.29, 1.82) is 0 Å². The average Bonchev–Trinajstić information content (AvgIpc) is 2.82. The van der Waals surface area contributed by atoms with E-state index in [1.165, 1.54) is 37.3 Å². The lowest BCUT2D eigenvalue weighted by atomic mass is 9.99. The number of hydrogen-bond acceptors (Lipinski definition) is 5. The number of aromatic nitrogens is 2. The molecule has 1 aromatic heterocycles. The number of rotatable bonds is 5. The van der Waals surface area contributed by atoms with Crippen molar-refractivity contribution in [2.24, 2.45) is 5.92 Å². The second-order valence-corrected chi connectivity index (χ2v) is 6.57. The van der Waals surface area contributed by atoms with Gasteiger partial charge in [0, 0.05) is 6.54 Å². The van der Waals surface area contributed by atoms with Crippen molar-refractivity contribution in [3.8, 4) is 0 Å². The molecule has 1 saturated heterocycles. The van der Waals surface area contributed by atoms with Crippen LogP contribution in [0.2, 0.25) is 0 Å². The molecule has 1 aliphatic heterocycles. The Morgan fingerprint density at radius 1 is 1.40 bits per heavy atom. The zero-order valence-electron chi connectivity index (χ0n) is 12.2. The summed E-state index contributed by atoms with van der Waals surface area (Å²) >= 11 is 1.38. The molecule has 6 nitrogen and oxygen atoms in total. The number of carbonyl (C=O) groups excluding carboxylic acids is 1. The fourth-order valence-corrected chi connectivity index (χ4v) is 2.87. The highest BCUT2D eigenvalue weighted by Crippen LogP contribution is 2.15. The Morgan fingerprint density at radius 2 is 2.15 bits per heavy atom. The number of likely N-dealkylation sites (tertiary alicyclic amines) is 1. The Morgan fingerprint density at radius 3 is 2.80 bits per heavy atom. The average molecular weight is 297 g/mol. The van der Waals surface area contributed by atoms with Crippen LogP contribution in [0, 0.1) is 12.8 Å². The van der Waals surface area contributed by atoms with Crippen molar-refractivity contribution in [1.82, 2.24) is 20.4 Å². The summed E-state index contributed by atoms with van der Waals surface area (Å²) in [4.78, 5) is 14.1. The lowest BCUT2D eigenvalue weighted by molar-refractivity contribution is 0.190. The number of amides is 2. The first-order valence-corrected chi connectivity index (χ1v) is 8.02. The van der Waals surface area contributed by atoms with Crippen molar-refractivity contribution < 1.29 is 4.79 Å². The lowest BCUT2D eigenvalue weighted by Crippen LogP contribution is -2.36. The first-order chi connectivity index (χ1) is 9.63. The Balaban J connectivity index is 1.55. The summed E-state index contributed by atoms with van der Waals surface area (Å²) in [5, 5.41) is 14.6. The van der Waals surface area contributed by atoms with E-state index in [0.29, 0.717) is 11.7 Å². The molecule has 112 valence electrons. The van der Waals surface area contributed by atoms with Gasteiger partial charge >= 0.3 is 6.03 Å². The summed E-state index contributed by atoms with van der Waals surface area (Å²) in [6.07, 6.45) is 3.57. The van der Waals surface area contributed by atoms with Crippen molar-refractivity contribution in [3.05, 3.63) is 5.01 Å². The van der Waals surface area contributed by atoms with Crippen LogP contribution in [0.15, 0.2) is 0 Å². The van der Waals surface area contributed by atoms with Gasteiger partial charge in [0.1, 0.15) is 5.01 Å². The molecular formula is C13H23N5OS. The number of nitrogens with one attached hydrogen (secondary N) is 2. The van der Waals surface area contributed by atoms with E-state index in [4.69, 9.17) is 0 Å². The third-order valence-electron chi connectivity index (χ3n) is 3.56. The normalized spacial score (nSPS) is 17.1. The molecule has 0 spiro atoms. The van der Waals surface area contributed by atoms with E-state index in [9.17, 15) is 4.79 Å². The molecular weight excluding hydrogens is 274 g/mol. The largest absolute Gasteiger partial charge is 0.338 e. The maximum absolute atomic E-state index is 11.6. The van der Waals surface area contributed by atoms with Crippen molar-refractivity contribution in [3.63, 3.8) is 0 Å². The minimum absolute atomic E-state index is 0.201. The standard InChI is InChI=1S/C13H23N5OS/c1-10-4-8-18(9-5-10)7-3-6-14-12(19)15-13-17-16-11(2)20-13/h10H,3-9H2,1-2H3,(H2,14,15,17,19). The number of urea groups is 1. The lowest BCUT2D eigenvalue weighted by Gasteiger charge is -2.30. The zero-order chi connectivity index (χ0) is 14.4. The van der Waals surface area contributed by atoms with Crippen LogP contribution in [-0.2, 0) is 0 Å². The molecule has 2 heterocycles. The van der Waals surface area contributed by atoms with E-state index < -0.39 is 0 Å². The molecule has 2 N–H and O–H groups in total. The molecule has 7 heteroatoms. The van der Waals surface area contributed by atoms with E-state index in [1.54, 1.807) is 0 Å². The van der Waals surface area contributed by atoms with E-state index in [-0.39, 0.29) is 6.03 Å². The van der Waals surface area contributed by atoms with Crippen LogP contribution in [0.25, 0.3) is 0 Å². The summed E-state index contributed by atoms with van der Waals surface area (Å²) in [6.45, 7) is 8.31. The molecule has 2 rings (SSSR count). The molecule has 1 aliphatic rings. The van der Waals surface area contributed by atoms with Gasteiger partial charge in [-0.1, -0.05) is 18.3 Å². The summed E-state index contributed by atoms with van der Waals surface area (Å²) in [6, 6.07) is -0.201. The molecule has 1 aromatic rings. The molecule has 0 atom stereocenters. The molecule has 0 bridgehead atoms. The first-order valence-electron chi connectivity index (χ1n) is 7.21. The van der Waals surface area contributed by atoms with Crippen LogP contribution in [0.5, 0.6) is 0 Å². The first kappa shape index (κ1) is 15.2. The molecule has 0 saturated carbocycles. The molecule has 2 amide bonds. The summed E-state index contributed by atoms with van der Waals surface area (Å²) in [5.41, 5.74) is 0. The molecule has 20 heavy (non-hydrogen) atoms. The van der Waals surface area contributed by atoms with Crippen LogP contribution in [0.3, 0.4) is 0 Å². The van der Waals surface area contributed by atoms with Crippen LogP contribution < -0.4 is 10.6 Å². The number of carbonyl (C=O) groups is 1.